The number of nitrogens with zero attached hydrogens (tertiary/aromatic N) is 3. The molecule has 6 heteroatoms. The average molecular weight is 277 g/mol. The van der Waals surface area contributed by atoms with Gasteiger partial charge in [0, 0.05) is 19.1 Å². The highest BCUT2D eigenvalue weighted by molar-refractivity contribution is 6.33. The first-order valence-corrected chi connectivity index (χ1v) is 6.42. The summed E-state index contributed by atoms with van der Waals surface area (Å²) in [5.74, 6) is 0.587. The third kappa shape index (κ3) is 4.66. The van der Waals surface area contributed by atoms with Gasteiger partial charge in [0.25, 0.3) is 0 Å². The van der Waals surface area contributed by atoms with E-state index < -0.39 is 0 Å². The zero-order valence-electron chi connectivity index (χ0n) is 10.4. The Balaban J connectivity index is 2.43. The Morgan fingerprint density at radius 2 is 2.18 bits per heavy atom. The number of rotatable bonds is 6. The Bertz CT molecular complexity index is 359. The van der Waals surface area contributed by atoms with Crippen LogP contribution in [0.5, 0.6) is 0 Å². The monoisotopic (exact) mass is 276 g/mol. The van der Waals surface area contributed by atoms with Crippen molar-refractivity contribution in [2.45, 2.75) is 26.3 Å². The van der Waals surface area contributed by atoms with E-state index >= 15 is 0 Å². The summed E-state index contributed by atoms with van der Waals surface area (Å²) < 4.78 is 0. The molecule has 17 heavy (non-hydrogen) atoms. The predicted molar refractivity (Wildman–Crippen MR) is 72.9 cm³/mol. The Morgan fingerprint density at radius 3 is 2.82 bits per heavy atom. The lowest BCUT2D eigenvalue weighted by molar-refractivity contribution is 0.261. The van der Waals surface area contributed by atoms with Crippen LogP contribution in [0.3, 0.4) is 0 Å². The molecule has 0 saturated carbocycles. The molecule has 0 aliphatic carbocycles. The van der Waals surface area contributed by atoms with Crippen LogP contribution in [0.4, 0.5) is 5.82 Å². The minimum absolute atomic E-state index is 0.201. The fraction of sp³-hybridized carbons (Fsp3) is 0.636. The van der Waals surface area contributed by atoms with Gasteiger partial charge in [0.2, 0.25) is 5.28 Å². The highest BCUT2D eigenvalue weighted by atomic mass is 35.5. The van der Waals surface area contributed by atoms with Crippen molar-refractivity contribution in [1.82, 2.24) is 14.9 Å². The van der Waals surface area contributed by atoms with E-state index in [4.69, 9.17) is 23.2 Å². The van der Waals surface area contributed by atoms with E-state index in [2.05, 4.69) is 41.1 Å². The van der Waals surface area contributed by atoms with E-state index in [-0.39, 0.29) is 5.28 Å². The van der Waals surface area contributed by atoms with Crippen molar-refractivity contribution in [2.24, 2.45) is 0 Å². The van der Waals surface area contributed by atoms with E-state index in [1.54, 1.807) is 0 Å². The molecule has 0 bridgehead atoms. The van der Waals surface area contributed by atoms with Crippen molar-refractivity contribution in [3.05, 3.63) is 16.5 Å². The number of aromatic nitrogens is 2. The molecular formula is C11H18Cl2N4. The molecule has 0 spiro atoms. The molecule has 0 amide bonds. The van der Waals surface area contributed by atoms with Gasteiger partial charge < -0.3 is 10.2 Å². The zero-order valence-corrected chi connectivity index (χ0v) is 11.9. The van der Waals surface area contributed by atoms with Gasteiger partial charge in [-0.25, -0.2) is 4.98 Å². The van der Waals surface area contributed by atoms with Crippen LogP contribution in [0.1, 0.15) is 20.3 Å². The van der Waals surface area contributed by atoms with E-state index in [9.17, 15) is 0 Å². The van der Waals surface area contributed by atoms with Gasteiger partial charge in [-0.1, -0.05) is 18.5 Å². The second-order valence-corrected chi connectivity index (χ2v) is 4.75. The molecular weight excluding hydrogens is 259 g/mol. The van der Waals surface area contributed by atoms with Crippen LogP contribution < -0.4 is 5.32 Å². The molecule has 1 N–H and O–H groups in total. The largest absolute Gasteiger partial charge is 0.367 e. The van der Waals surface area contributed by atoms with Crippen molar-refractivity contribution < 1.29 is 0 Å². The van der Waals surface area contributed by atoms with Crippen LogP contribution >= 0.6 is 23.2 Å². The van der Waals surface area contributed by atoms with Gasteiger partial charge >= 0.3 is 0 Å². The fourth-order valence-corrected chi connectivity index (χ4v) is 1.64. The minimum Gasteiger partial charge on any atom is -0.367 e. The van der Waals surface area contributed by atoms with Crippen LogP contribution in [0.2, 0.25) is 10.3 Å². The number of likely N-dealkylation sites (N-methyl/N-ethyl adjacent to an activating group) is 1. The number of hydrogen-bond acceptors (Lipinski definition) is 4. The molecule has 1 aromatic heterocycles. The SMILES string of the molecule is CCC(C)N(C)CCNc1nc(Cl)ncc1Cl. The molecule has 1 rings (SSSR count). The standard InChI is InChI=1S/C11H18Cl2N4/c1-4-8(2)17(3)6-5-14-10-9(12)7-15-11(13)16-10/h7-8H,4-6H2,1-3H3,(H,14,15,16). The van der Waals surface area contributed by atoms with Gasteiger partial charge in [-0.15, -0.1) is 0 Å². The van der Waals surface area contributed by atoms with E-state index in [0.29, 0.717) is 16.9 Å². The molecule has 0 fully saturated rings. The van der Waals surface area contributed by atoms with Gasteiger partial charge in [-0.3, -0.25) is 0 Å². The Hall–Kier alpha value is -0.580. The molecule has 1 atom stereocenters. The predicted octanol–water partition coefficient (Wildman–Crippen LogP) is 2.93. The van der Waals surface area contributed by atoms with Gasteiger partial charge in [0.15, 0.2) is 0 Å². The summed E-state index contributed by atoms with van der Waals surface area (Å²) in [4.78, 5) is 10.1. The van der Waals surface area contributed by atoms with Crippen LogP contribution in [-0.2, 0) is 0 Å². The van der Waals surface area contributed by atoms with Crippen LogP contribution in [0.25, 0.3) is 0 Å². The molecule has 0 aliphatic heterocycles. The topological polar surface area (TPSA) is 41.0 Å². The van der Waals surface area contributed by atoms with E-state index in [1.165, 1.54) is 6.20 Å². The second-order valence-electron chi connectivity index (χ2n) is 4.00. The molecule has 0 radical (unpaired) electrons. The Morgan fingerprint density at radius 1 is 1.47 bits per heavy atom. The summed E-state index contributed by atoms with van der Waals surface area (Å²) in [6.07, 6.45) is 2.63. The first-order valence-electron chi connectivity index (χ1n) is 5.66. The van der Waals surface area contributed by atoms with Crippen molar-refractivity contribution in [1.29, 1.82) is 0 Å². The maximum absolute atomic E-state index is 5.94. The summed E-state index contributed by atoms with van der Waals surface area (Å²) in [5, 5.41) is 3.84. The second kappa shape index (κ2) is 6.99. The maximum atomic E-state index is 5.94. The molecule has 0 aliphatic rings. The Labute approximate surface area is 112 Å². The fourth-order valence-electron chi connectivity index (χ4n) is 1.35. The molecule has 1 heterocycles. The number of nitrogens with one attached hydrogen (secondary N) is 1. The number of halogens is 2. The summed E-state index contributed by atoms with van der Waals surface area (Å²) in [6, 6.07) is 0.571. The van der Waals surface area contributed by atoms with Crippen LogP contribution in [0, 0.1) is 0 Å². The van der Waals surface area contributed by atoms with E-state index in [1.807, 2.05) is 0 Å². The van der Waals surface area contributed by atoms with Crippen LogP contribution in [-0.4, -0.2) is 41.0 Å². The van der Waals surface area contributed by atoms with Crippen LogP contribution in [0.15, 0.2) is 6.20 Å². The number of anilines is 1. The lowest BCUT2D eigenvalue weighted by Crippen LogP contribution is -2.32. The zero-order chi connectivity index (χ0) is 12.8. The smallest absolute Gasteiger partial charge is 0.224 e. The van der Waals surface area contributed by atoms with Crippen molar-refractivity contribution >= 4 is 29.0 Å². The summed E-state index contributed by atoms with van der Waals surface area (Å²) in [6.45, 7) is 6.07. The highest BCUT2D eigenvalue weighted by Gasteiger charge is 2.07. The lowest BCUT2D eigenvalue weighted by Gasteiger charge is -2.23. The molecule has 1 aromatic rings. The third-order valence-corrected chi connectivity index (χ3v) is 3.27. The van der Waals surface area contributed by atoms with Crippen molar-refractivity contribution in [3.8, 4) is 0 Å². The Kier molecular flexibility index (Phi) is 5.95. The van der Waals surface area contributed by atoms with Gasteiger partial charge in [0.1, 0.15) is 10.8 Å². The average Bonchev–Trinajstić information content (AvgIpc) is 2.32. The van der Waals surface area contributed by atoms with Gasteiger partial charge in [0.05, 0.1) is 6.20 Å². The van der Waals surface area contributed by atoms with Crippen molar-refractivity contribution in [2.75, 3.05) is 25.5 Å². The molecule has 96 valence electrons. The summed E-state index contributed by atoms with van der Waals surface area (Å²) in [7, 11) is 2.10. The maximum Gasteiger partial charge on any atom is 0.224 e. The molecule has 1 unspecified atom stereocenters. The quantitative estimate of drug-likeness (QED) is 0.812. The molecule has 0 saturated heterocycles. The first kappa shape index (κ1) is 14.5. The first-order chi connectivity index (χ1) is 8.04. The summed E-state index contributed by atoms with van der Waals surface area (Å²) in [5.41, 5.74) is 0. The normalized spacial score (nSPS) is 12.8. The third-order valence-electron chi connectivity index (χ3n) is 2.81. The minimum atomic E-state index is 0.201. The number of hydrogen-bond donors (Lipinski definition) is 1. The summed E-state index contributed by atoms with van der Waals surface area (Å²) >= 11 is 11.6. The molecule has 0 aromatic carbocycles. The molecule has 4 nitrogen and oxygen atoms in total. The van der Waals surface area contributed by atoms with Gasteiger partial charge in [-0.2, -0.15) is 4.98 Å². The van der Waals surface area contributed by atoms with Crippen molar-refractivity contribution in [3.63, 3.8) is 0 Å². The van der Waals surface area contributed by atoms with E-state index in [0.717, 1.165) is 19.5 Å². The highest BCUT2D eigenvalue weighted by Crippen LogP contribution is 2.18. The lowest BCUT2D eigenvalue weighted by atomic mass is 10.2. The van der Waals surface area contributed by atoms with Gasteiger partial charge in [-0.05, 0) is 32.0 Å².